The van der Waals surface area contributed by atoms with Gasteiger partial charge in [-0.05, 0) is 37.6 Å². The topological polar surface area (TPSA) is 156 Å². The number of carbonyl (C=O) groups is 3. The van der Waals surface area contributed by atoms with E-state index in [1.54, 1.807) is 19.9 Å². The fourth-order valence-corrected chi connectivity index (χ4v) is 5.20. The Kier molecular flexibility index (Phi) is 8.05. The summed E-state index contributed by atoms with van der Waals surface area (Å²) in [5.74, 6) is -1.70. The molecule has 1 aliphatic rings. The first-order chi connectivity index (χ1) is 19.0. The van der Waals surface area contributed by atoms with Crippen LogP contribution in [0, 0.1) is 10.1 Å². The predicted molar refractivity (Wildman–Crippen MR) is 143 cm³/mol. The molecule has 0 spiro atoms. The summed E-state index contributed by atoms with van der Waals surface area (Å²) in [7, 11) is 0. The highest BCUT2D eigenvalue weighted by atomic mass is 32.1. The number of nitro groups is 1. The minimum absolute atomic E-state index is 0.0516. The lowest BCUT2D eigenvalue weighted by molar-refractivity contribution is -0.384. The lowest BCUT2D eigenvalue weighted by Crippen LogP contribution is -2.40. The number of allylic oxidation sites excluding steroid dienone is 1. The van der Waals surface area contributed by atoms with Crippen LogP contribution in [-0.2, 0) is 19.1 Å². The number of hydrogen-bond acceptors (Lipinski definition) is 11. The molecule has 0 bridgehead atoms. The summed E-state index contributed by atoms with van der Waals surface area (Å²) >= 11 is 1.02. The molecule has 0 radical (unpaired) electrons. The highest BCUT2D eigenvalue weighted by Crippen LogP contribution is 2.32. The molecule has 0 amide bonds. The van der Waals surface area contributed by atoms with E-state index in [1.807, 2.05) is 0 Å². The fourth-order valence-electron chi connectivity index (χ4n) is 4.16. The zero-order valence-electron chi connectivity index (χ0n) is 21.8. The second kappa shape index (κ2) is 11.5. The largest absolute Gasteiger partial charge is 0.463 e. The van der Waals surface area contributed by atoms with Gasteiger partial charge >= 0.3 is 17.9 Å². The van der Waals surface area contributed by atoms with E-state index in [1.165, 1.54) is 60.9 Å². The van der Waals surface area contributed by atoms with Gasteiger partial charge in [0.05, 0.1) is 33.4 Å². The van der Waals surface area contributed by atoms with Gasteiger partial charge in [0.2, 0.25) is 0 Å². The van der Waals surface area contributed by atoms with Crippen molar-refractivity contribution in [2.45, 2.75) is 33.7 Å². The molecular weight excluding hydrogens is 542 g/mol. The monoisotopic (exact) mass is 565 g/mol. The molecule has 3 aromatic rings. The first-order valence-corrected chi connectivity index (χ1v) is 12.8. The second-order valence-corrected chi connectivity index (χ2v) is 9.55. The highest BCUT2D eigenvalue weighted by Gasteiger charge is 2.34. The van der Waals surface area contributed by atoms with Crippen LogP contribution < -0.4 is 24.4 Å². The van der Waals surface area contributed by atoms with E-state index in [-0.39, 0.29) is 38.7 Å². The molecule has 12 nitrogen and oxygen atoms in total. The fraction of sp³-hybridized carbons (Fsp3) is 0.222. The van der Waals surface area contributed by atoms with Crippen LogP contribution in [0.5, 0.6) is 11.5 Å². The summed E-state index contributed by atoms with van der Waals surface area (Å²) in [6, 6.07) is 8.96. The zero-order valence-corrected chi connectivity index (χ0v) is 22.6. The number of carbonyl (C=O) groups excluding carboxylic acids is 3. The molecule has 13 heteroatoms. The van der Waals surface area contributed by atoms with Crippen LogP contribution in [0.2, 0.25) is 0 Å². The van der Waals surface area contributed by atoms with Crippen molar-refractivity contribution < 1.29 is 33.5 Å². The van der Waals surface area contributed by atoms with Gasteiger partial charge in [-0.2, -0.15) is 0 Å². The van der Waals surface area contributed by atoms with E-state index in [9.17, 15) is 29.3 Å². The first-order valence-electron chi connectivity index (χ1n) is 11.9. The quantitative estimate of drug-likeness (QED) is 0.182. The molecule has 40 heavy (non-hydrogen) atoms. The van der Waals surface area contributed by atoms with Crippen LogP contribution in [-0.4, -0.2) is 34.0 Å². The van der Waals surface area contributed by atoms with Crippen molar-refractivity contribution in [2.75, 3.05) is 6.61 Å². The van der Waals surface area contributed by atoms with Crippen LogP contribution in [0.25, 0.3) is 6.08 Å². The number of ether oxygens (including phenoxy) is 3. The number of esters is 3. The van der Waals surface area contributed by atoms with Crippen molar-refractivity contribution in [3.63, 3.8) is 0 Å². The minimum atomic E-state index is -1.04. The van der Waals surface area contributed by atoms with Gasteiger partial charge in [-0.15, -0.1) is 0 Å². The summed E-state index contributed by atoms with van der Waals surface area (Å²) in [6.45, 7) is 5.74. The number of nitrogens with zero attached hydrogens (tertiary/aromatic N) is 3. The van der Waals surface area contributed by atoms with Crippen molar-refractivity contribution in [3.05, 3.63) is 94.7 Å². The molecule has 1 aromatic heterocycles. The Morgan fingerprint density at radius 2 is 1.85 bits per heavy atom. The van der Waals surface area contributed by atoms with Crippen molar-refractivity contribution in [1.82, 2.24) is 4.57 Å². The lowest BCUT2D eigenvalue weighted by atomic mass is 9.95. The van der Waals surface area contributed by atoms with Crippen molar-refractivity contribution >= 4 is 41.0 Å². The van der Waals surface area contributed by atoms with E-state index in [2.05, 4.69) is 4.99 Å². The molecule has 2 aromatic carbocycles. The number of benzene rings is 2. The smallest absolute Gasteiger partial charge is 0.338 e. The van der Waals surface area contributed by atoms with Gasteiger partial charge in [-0.1, -0.05) is 23.5 Å². The van der Waals surface area contributed by atoms with E-state index >= 15 is 0 Å². The molecule has 0 unspecified atom stereocenters. The molecule has 0 N–H and O–H groups in total. The molecular formula is C27H23N3O9S. The molecule has 4 rings (SSSR count). The number of non-ortho nitro benzene ring substituents is 1. The first kappa shape index (κ1) is 28.1. The standard InChI is InChI=1S/C27H23N3O9S/c1-5-37-26(34)23-14(2)28-27-29(24(23)18-7-6-8-19(11-18)30(35)36)25(33)22(40-27)12-17-9-10-20(38-15(3)31)13-21(17)39-16(4)32/h6-13,24H,5H2,1-4H3/t24-/m1/s1. The summed E-state index contributed by atoms with van der Waals surface area (Å²) in [5, 5.41) is 11.5. The number of aromatic nitrogens is 1. The van der Waals surface area contributed by atoms with Crippen LogP contribution in [0.15, 0.2) is 63.5 Å². The zero-order chi connectivity index (χ0) is 29.1. The van der Waals surface area contributed by atoms with Gasteiger partial charge < -0.3 is 14.2 Å². The third-order valence-corrected chi connectivity index (χ3v) is 6.68. The van der Waals surface area contributed by atoms with E-state index < -0.39 is 34.4 Å². The van der Waals surface area contributed by atoms with Gasteiger partial charge in [0.25, 0.3) is 11.2 Å². The Labute approximate surface area is 230 Å². The number of nitro benzene ring substituents is 1. The van der Waals surface area contributed by atoms with E-state index in [4.69, 9.17) is 14.2 Å². The summed E-state index contributed by atoms with van der Waals surface area (Å²) < 4.78 is 17.0. The molecule has 0 fully saturated rings. The van der Waals surface area contributed by atoms with Crippen molar-refractivity contribution in [2.24, 2.45) is 4.99 Å². The number of hydrogen-bond donors (Lipinski definition) is 0. The number of thiazole rings is 1. The second-order valence-electron chi connectivity index (χ2n) is 8.54. The molecule has 0 aliphatic carbocycles. The van der Waals surface area contributed by atoms with Crippen LogP contribution in [0.4, 0.5) is 5.69 Å². The van der Waals surface area contributed by atoms with Gasteiger partial charge in [-0.25, -0.2) is 9.79 Å². The highest BCUT2D eigenvalue weighted by molar-refractivity contribution is 7.07. The van der Waals surface area contributed by atoms with Crippen LogP contribution in [0.1, 0.15) is 44.9 Å². The van der Waals surface area contributed by atoms with Crippen LogP contribution >= 0.6 is 11.3 Å². The normalized spacial score (nSPS) is 14.7. The average molecular weight is 566 g/mol. The Morgan fingerprint density at radius 3 is 2.50 bits per heavy atom. The van der Waals surface area contributed by atoms with Gasteiger partial charge in [0.15, 0.2) is 4.80 Å². The van der Waals surface area contributed by atoms with Crippen LogP contribution in [0.3, 0.4) is 0 Å². The van der Waals surface area contributed by atoms with Gasteiger partial charge in [0, 0.05) is 37.6 Å². The summed E-state index contributed by atoms with van der Waals surface area (Å²) in [6.07, 6.45) is 1.48. The molecule has 206 valence electrons. The summed E-state index contributed by atoms with van der Waals surface area (Å²) in [4.78, 5) is 65.5. The molecule has 0 saturated heterocycles. The van der Waals surface area contributed by atoms with Gasteiger partial charge in [-0.3, -0.25) is 29.1 Å². The summed E-state index contributed by atoms with van der Waals surface area (Å²) in [5.41, 5.74) is 0.292. The Bertz CT molecular complexity index is 1770. The third-order valence-electron chi connectivity index (χ3n) is 5.70. The van der Waals surface area contributed by atoms with Crippen molar-refractivity contribution in [3.8, 4) is 11.5 Å². The van der Waals surface area contributed by atoms with Gasteiger partial charge in [0.1, 0.15) is 11.5 Å². The van der Waals surface area contributed by atoms with E-state index in [0.717, 1.165) is 11.3 Å². The predicted octanol–water partition coefficient (Wildman–Crippen LogP) is 2.56. The Morgan fingerprint density at radius 1 is 1.12 bits per heavy atom. The maximum absolute atomic E-state index is 13.8. The maximum atomic E-state index is 13.8. The number of fused-ring (bicyclic) bond motifs is 1. The minimum Gasteiger partial charge on any atom is -0.463 e. The maximum Gasteiger partial charge on any atom is 0.338 e. The molecule has 1 atom stereocenters. The Balaban J connectivity index is 1.95. The number of rotatable bonds is 7. The third kappa shape index (κ3) is 5.73. The average Bonchev–Trinajstić information content (AvgIpc) is 3.18. The molecule has 0 saturated carbocycles. The Hall–Kier alpha value is -4.91. The lowest BCUT2D eigenvalue weighted by Gasteiger charge is -2.24. The molecule has 1 aliphatic heterocycles. The molecule has 2 heterocycles. The van der Waals surface area contributed by atoms with Crippen molar-refractivity contribution in [1.29, 1.82) is 0 Å². The van der Waals surface area contributed by atoms with E-state index in [0.29, 0.717) is 16.8 Å². The SMILES string of the molecule is CCOC(=O)C1=C(C)N=c2sc(=Cc3ccc(OC(C)=O)cc3OC(C)=O)c(=O)n2[C@@H]1c1cccc([N+](=O)[O-])c1.